The van der Waals surface area contributed by atoms with Gasteiger partial charge < -0.3 is 0 Å². The number of thiophene rings is 1. The van der Waals surface area contributed by atoms with Gasteiger partial charge in [0.05, 0.1) is 33.4 Å². The van der Waals surface area contributed by atoms with Gasteiger partial charge >= 0.3 is 0 Å². The Morgan fingerprint density at radius 3 is 3.00 bits per heavy atom. The van der Waals surface area contributed by atoms with Gasteiger partial charge in [-0.2, -0.15) is 0 Å². The van der Waals surface area contributed by atoms with E-state index in [1.54, 1.807) is 0 Å². The largest absolute Gasteiger partial charge is 0.285 e. The molecule has 2 heterocycles. The van der Waals surface area contributed by atoms with E-state index in [9.17, 15) is 0 Å². The predicted octanol–water partition coefficient (Wildman–Crippen LogP) is 3.86. The van der Waals surface area contributed by atoms with Crippen LogP contribution in [0.5, 0.6) is 0 Å². The first-order valence-corrected chi connectivity index (χ1v) is 5.24. The Morgan fingerprint density at radius 1 is 1.36 bits per heavy atom. The van der Waals surface area contributed by atoms with Crippen LogP contribution in [0.3, 0.4) is 0 Å². The number of hydrogen-bond donors (Lipinski definition) is 0. The van der Waals surface area contributed by atoms with E-state index in [-0.39, 0.29) is 0 Å². The molecule has 0 aliphatic heterocycles. The van der Waals surface area contributed by atoms with Gasteiger partial charge in [0.25, 0.3) is 4.01 Å². The van der Waals surface area contributed by atoms with Crippen molar-refractivity contribution in [2.24, 2.45) is 0 Å². The Hall–Kier alpha value is -0.470. The molecule has 0 atom stereocenters. The molecule has 0 aromatic carbocycles. The molecule has 0 saturated carbocycles. The van der Waals surface area contributed by atoms with E-state index >= 15 is 0 Å². The van der Waals surface area contributed by atoms with Crippen LogP contribution < -0.4 is 0 Å². The maximum absolute atomic E-state index is 2.25. The van der Waals surface area contributed by atoms with Crippen molar-refractivity contribution < 1.29 is 0 Å². The van der Waals surface area contributed by atoms with Gasteiger partial charge in [-0.25, -0.2) is 0 Å². The Kier molecular flexibility index (Phi) is 1.66. The molecular weight excluding hydrogens is 172 g/mol. The third-order valence-corrected chi connectivity index (χ3v) is 3.82. The van der Waals surface area contributed by atoms with Crippen LogP contribution in [0.15, 0.2) is 17.5 Å². The first kappa shape index (κ1) is 7.19. The second-order valence-electron chi connectivity index (χ2n) is 2.66. The topological polar surface area (TPSA) is 0 Å². The summed E-state index contributed by atoms with van der Waals surface area (Å²) in [4.78, 5) is 1.40. The number of aryl methyl sites for hydroxylation is 2. The van der Waals surface area contributed by atoms with Gasteiger partial charge in [0.1, 0.15) is 4.88 Å². The molecule has 2 aromatic rings. The summed E-state index contributed by atoms with van der Waals surface area (Å²) in [6.07, 6.45) is 0. The van der Waals surface area contributed by atoms with Crippen LogP contribution in [-0.4, -0.2) is 0 Å². The summed E-state index contributed by atoms with van der Waals surface area (Å²) in [5, 5.41) is 3.58. The molecule has 56 valence electrons. The zero-order chi connectivity index (χ0) is 7.84. The zero-order valence-electron chi connectivity index (χ0n) is 6.55. The molecule has 0 saturated heterocycles. The van der Waals surface area contributed by atoms with Crippen LogP contribution in [0.25, 0.3) is 9.40 Å². The second-order valence-corrected chi connectivity index (χ2v) is 5.09. The molecule has 0 N–H and O–H groups in total. The van der Waals surface area contributed by atoms with Crippen LogP contribution >= 0.6 is 22.7 Å². The van der Waals surface area contributed by atoms with Crippen molar-refractivity contribution in [3.8, 4) is 0 Å². The number of fused-ring (bicyclic) bond motifs is 1. The maximum Gasteiger partial charge on any atom is 0.285 e. The van der Waals surface area contributed by atoms with Crippen LogP contribution in [0.4, 0.5) is 0 Å². The van der Waals surface area contributed by atoms with Gasteiger partial charge in [-0.05, 0) is 31.5 Å². The van der Waals surface area contributed by atoms with E-state index in [1.807, 2.05) is 22.7 Å². The van der Waals surface area contributed by atoms with Gasteiger partial charge in [-0.15, -0.1) is 0 Å². The first-order valence-electron chi connectivity index (χ1n) is 3.55. The van der Waals surface area contributed by atoms with Crippen molar-refractivity contribution in [1.82, 2.24) is 0 Å². The van der Waals surface area contributed by atoms with Gasteiger partial charge in [0.2, 0.25) is 0 Å². The molecule has 11 heavy (non-hydrogen) atoms. The Morgan fingerprint density at radius 2 is 2.18 bits per heavy atom. The molecule has 2 rings (SSSR count). The third kappa shape index (κ3) is 1.17. The van der Waals surface area contributed by atoms with E-state index < -0.39 is 0 Å². The highest BCUT2D eigenvalue weighted by Gasteiger charge is 2.09. The summed E-state index contributed by atoms with van der Waals surface area (Å²) < 4.78 is 1.45. The minimum absolute atomic E-state index is 1.40. The minimum atomic E-state index is 1.40. The van der Waals surface area contributed by atoms with Crippen LogP contribution in [-0.2, 0) is 0 Å². The fraction of sp³-hybridized carbons (Fsp3) is 0.222. The fourth-order valence-corrected chi connectivity index (χ4v) is 3.53. The van der Waals surface area contributed by atoms with Gasteiger partial charge in [-0.3, -0.25) is 0 Å². The summed E-state index contributed by atoms with van der Waals surface area (Å²) >= 11 is 3.72. The van der Waals surface area contributed by atoms with E-state index in [0.29, 0.717) is 0 Å². The highest BCUT2D eigenvalue weighted by Crippen LogP contribution is 2.29. The van der Waals surface area contributed by atoms with Crippen LogP contribution in [0.2, 0.25) is 0 Å². The monoisotopic (exact) mass is 181 g/mol. The van der Waals surface area contributed by atoms with E-state index in [1.165, 1.54) is 19.8 Å². The van der Waals surface area contributed by atoms with Crippen molar-refractivity contribution in [2.45, 2.75) is 13.8 Å². The van der Waals surface area contributed by atoms with Gasteiger partial charge in [0.15, 0.2) is 0 Å². The molecule has 0 fully saturated rings. The van der Waals surface area contributed by atoms with Gasteiger partial charge in [-0.1, -0.05) is 0 Å². The molecule has 0 radical (unpaired) electrons. The predicted molar refractivity (Wildman–Crippen MR) is 53.6 cm³/mol. The van der Waals surface area contributed by atoms with Crippen LogP contribution in [0, 0.1) is 13.8 Å². The lowest BCUT2D eigenvalue weighted by Crippen LogP contribution is -1.72. The minimum Gasteiger partial charge on any atom is -0.0388 e. The van der Waals surface area contributed by atoms with Crippen molar-refractivity contribution in [1.29, 1.82) is 0 Å². The van der Waals surface area contributed by atoms with E-state index in [2.05, 4.69) is 31.4 Å². The van der Waals surface area contributed by atoms with E-state index in [4.69, 9.17) is 0 Å². The summed E-state index contributed by atoms with van der Waals surface area (Å²) in [6, 6.07) is 4.45. The molecular formula is C9H9S2+. The quantitative estimate of drug-likeness (QED) is 0.541. The van der Waals surface area contributed by atoms with Crippen molar-refractivity contribution >= 4 is 32.1 Å². The summed E-state index contributed by atoms with van der Waals surface area (Å²) in [6.45, 7) is 4.34. The van der Waals surface area contributed by atoms with Crippen molar-refractivity contribution in [3.05, 3.63) is 28.0 Å². The fourth-order valence-electron chi connectivity index (χ4n) is 1.23. The molecule has 2 heteroatoms. The lowest BCUT2D eigenvalue weighted by Gasteiger charge is -1.89. The highest BCUT2D eigenvalue weighted by atomic mass is 32.2. The molecule has 0 spiro atoms. The molecule has 0 amide bonds. The first-order chi connectivity index (χ1) is 5.27. The third-order valence-electron chi connectivity index (χ3n) is 1.73. The summed E-state index contributed by atoms with van der Waals surface area (Å²) in [5.74, 6) is 0. The summed E-state index contributed by atoms with van der Waals surface area (Å²) in [5.41, 5.74) is 1.40. The van der Waals surface area contributed by atoms with Gasteiger partial charge in [0, 0.05) is 0 Å². The summed E-state index contributed by atoms with van der Waals surface area (Å²) in [7, 11) is 0. The average Bonchev–Trinajstić information content (AvgIpc) is 2.34. The smallest absolute Gasteiger partial charge is 0.0388 e. The van der Waals surface area contributed by atoms with Crippen molar-refractivity contribution in [2.75, 3.05) is 0 Å². The number of rotatable bonds is 0. The molecule has 0 aliphatic carbocycles. The second kappa shape index (κ2) is 2.54. The van der Waals surface area contributed by atoms with E-state index in [0.717, 1.165) is 0 Å². The van der Waals surface area contributed by atoms with Crippen molar-refractivity contribution in [3.63, 3.8) is 0 Å². The lowest BCUT2D eigenvalue weighted by molar-refractivity contribution is 1.50. The SMILES string of the molecule is Cc1cc(C)c2ccsc2[s+]1. The zero-order valence-corrected chi connectivity index (χ0v) is 8.18. The number of hydrogen-bond acceptors (Lipinski definition) is 1. The molecule has 0 nitrogen and oxygen atoms in total. The Bertz CT molecular complexity index is 387. The average molecular weight is 181 g/mol. The molecule has 0 unspecified atom stereocenters. The normalized spacial score (nSPS) is 10.7. The highest BCUT2D eigenvalue weighted by molar-refractivity contribution is 7.37. The van der Waals surface area contributed by atoms with Crippen LogP contribution in [0.1, 0.15) is 10.4 Å². The molecule has 0 aliphatic rings. The Labute approximate surface area is 74.1 Å². The Balaban J connectivity index is 2.91. The maximum atomic E-state index is 2.25. The standard InChI is InChI=1S/C9H9S2/c1-6-5-7(2)11-9-8(6)3-4-10-9/h3-5H,1-2H3/q+1. The molecule has 2 aromatic heterocycles. The lowest BCUT2D eigenvalue weighted by atomic mass is 10.2. The molecule has 0 bridgehead atoms.